The Kier molecular flexibility index (Phi) is 3.79. The van der Waals surface area contributed by atoms with Crippen molar-refractivity contribution in [2.45, 2.75) is 12.6 Å². The number of rotatable bonds is 5. The molecular weight excluding hydrogens is 225 g/mol. The van der Waals surface area contributed by atoms with Gasteiger partial charge in [0.05, 0.1) is 12.6 Å². The Hall–Kier alpha value is -1.79. The molecule has 1 atom stereocenters. The zero-order valence-corrected chi connectivity index (χ0v) is 9.01. The molecule has 0 radical (unpaired) electrons. The number of aliphatic hydroxyl groups is 1. The summed E-state index contributed by atoms with van der Waals surface area (Å²) in [6, 6.07) is 5.74. The molecule has 2 rings (SSSR count). The maximum absolute atomic E-state index is 12.7. The van der Waals surface area contributed by atoms with Crippen molar-refractivity contribution in [3.05, 3.63) is 47.9 Å². The number of hydrogen-bond acceptors (Lipinski definition) is 5. The summed E-state index contributed by atoms with van der Waals surface area (Å²) in [5.41, 5.74) is 0.659. The van der Waals surface area contributed by atoms with Crippen LogP contribution in [0, 0.1) is 5.82 Å². The highest BCUT2D eigenvalue weighted by Crippen LogP contribution is 2.12. The summed E-state index contributed by atoms with van der Waals surface area (Å²) < 4.78 is 17.2. The minimum atomic E-state index is -0.692. The lowest BCUT2D eigenvalue weighted by Crippen LogP contribution is -2.21. The fraction of sp³-hybridized carbons (Fsp3) is 0.273. The summed E-state index contributed by atoms with van der Waals surface area (Å²) in [6.45, 7) is 0.745. The van der Waals surface area contributed by atoms with Crippen LogP contribution in [0.3, 0.4) is 0 Å². The minimum absolute atomic E-state index is 0.319. The highest BCUT2D eigenvalue weighted by molar-refractivity contribution is 5.18. The van der Waals surface area contributed by atoms with Gasteiger partial charge in [0.2, 0.25) is 6.39 Å². The summed E-state index contributed by atoms with van der Waals surface area (Å²) >= 11 is 0. The van der Waals surface area contributed by atoms with Gasteiger partial charge >= 0.3 is 0 Å². The number of nitrogens with zero attached hydrogens (tertiary/aromatic N) is 2. The molecule has 2 aromatic rings. The third-order valence-electron chi connectivity index (χ3n) is 2.28. The van der Waals surface area contributed by atoms with Crippen LogP contribution >= 0.6 is 0 Å². The Morgan fingerprint density at radius 1 is 1.35 bits per heavy atom. The first-order chi connectivity index (χ1) is 8.25. The number of aromatic nitrogens is 2. The summed E-state index contributed by atoms with van der Waals surface area (Å²) in [5, 5.41) is 16.4. The lowest BCUT2D eigenvalue weighted by molar-refractivity contribution is 0.174. The normalized spacial score (nSPS) is 12.6. The molecule has 0 saturated heterocycles. The van der Waals surface area contributed by atoms with Crippen LogP contribution in [0.4, 0.5) is 4.39 Å². The lowest BCUT2D eigenvalue weighted by atomic mass is 10.1. The van der Waals surface area contributed by atoms with Crippen LogP contribution in [0.5, 0.6) is 0 Å². The second kappa shape index (κ2) is 5.51. The van der Waals surface area contributed by atoms with E-state index in [4.69, 9.17) is 0 Å². The highest BCUT2D eigenvalue weighted by Gasteiger charge is 2.07. The van der Waals surface area contributed by atoms with Crippen molar-refractivity contribution >= 4 is 0 Å². The van der Waals surface area contributed by atoms with Gasteiger partial charge in [0, 0.05) is 6.54 Å². The molecule has 0 aliphatic rings. The van der Waals surface area contributed by atoms with Gasteiger partial charge in [-0.1, -0.05) is 17.3 Å². The zero-order chi connectivity index (χ0) is 12.1. The van der Waals surface area contributed by atoms with Gasteiger partial charge in [-0.3, -0.25) is 0 Å². The summed E-state index contributed by atoms with van der Waals surface area (Å²) in [4.78, 5) is 3.83. The fourth-order valence-corrected chi connectivity index (χ4v) is 1.39. The van der Waals surface area contributed by atoms with Gasteiger partial charge in [-0.05, 0) is 17.7 Å². The molecule has 1 heterocycles. The van der Waals surface area contributed by atoms with E-state index in [9.17, 15) is 9.50 Å². The van der Waals surface area contributed by atoms with Crippen molar-refractivity contribution in [3.63, 3.8) is 0 Å². The first kappa shape index (κ1) is 11.7. The van der Waals surface area contributed by atoms with E-state index in [0.29, 0.717) is 24.5 Å². The van der Waals surface area contributed by atoms with E-state index in [1.807, 2.05) is 0 Å². The zero-order valence-electron chi connectivity index (χ0n) is 9.01. The number of hydrogen-bond donors (Lipinski definition) is 2. The Labute approximate surface area is 97.3 Å². The van der Waals surface area contributed by atoms with Crippen LogP contribution in [-0.2, 0) is 6.54 Å². The number of aliphatic hydroxyl groups excluding tert-OH is 1. The number of benzene rings is 1. The predicted molar refractivity (Wildman–Crippen MR) is 57.4 cm³/mol. The Bertz CT molecular complexity index is 444. The first-order valence-corrected chi connectivity index (χ1v) is 5.15. The molecule has 0 fully saturated rings. The molecule has 0 amide bonds. The van der Waals surface area contributed by atoms with Crippen LogP contribution in [0.2, 0.25) is 0 Å². The van der Waals surface area contributed by atoms with Gasteiger partial charge in [-0.15, -0.1) is 0 Å². The van der Waals surface area contributed by atoms with Gasteiger partial charge in [0.1, 0.15) is 5.82 Å². The molecule has 5 nitrogen and oxygen atoms in total. The average molecular weight is 237 g/mol. The molecule has 6 heteroatoms. The molecule has 1 aromatic heterocycles. The van der Waals surface area contributed by atoms with Crippen molar-refractivity contribution in [2.24, 2.45) is 0 Å². The van der Waals surface area contributed by atoms with Crippen molar-refractivity contribution in [1.82, 2.24) is 15.5 Å². The third-order valence-corrected chi connectivity index (χ3v) is 2.28. The van der Waals surface area contributed by atoms with Gasteiger partial charge in [-0.2, -0.15) is 4.98 Å². The second-order valence-corrected chi connectivity index (χ2v) is 3.55. The molecule has 17 heavy (non-hydrogen) atoms. The maximum atomic E-state index is 12.7. The summed E-state index contributed by atoms with van der Waals surface area (Å²) in [6.07, 6.45) is 0.551. The molecule has 0 spiro atoms. The van der Waals surface area contributed by atoms with E-state index >= 15 is 0 Å². The quantitative estimate of drug-likeness (QED) is 0.812. The van der Waals surface area contributed by atoms with Gasteiger partial charge in [0.25, 0.3) is 0 Å². The van der Waals surface area contributed by atoms with Crippen molar-refractivity contribution in [1.29, 1.82) is 0 Å². The average Bonchev–Trinajstić information content (AvgIpc) is 2.83. The largest absolute Gasteiger partial charge is 0.387 e. The van der Waals surface area contributed by atoms with Crippen LogP contribution in [0.15, 0.2) is 35.2 Å². The van der Waals surface area contributed by atoms with Crippen molar-refractivity contribution in [2.75, 3.05) is 6.54 Å². The molecule has 90 valence electrons. The highest BCUT2D eigenvalue weighted by atomic mass is 19.1. The van der Waals surface area contributed by atoms with E-state index in [1.54, 1.807) is 12.1 Å². The molecule has 0 aliphatic carbocycles. The second-order valence-electron chi connectivity index (χ2n) is 3.55. The van der Waals surface area contributed by atoms with Crippen LogP contribution in [0.1, 0.15) is 17.5 Å². The molecule has 1 unspecified atom stereocenters. The minimum Gasteiger partial charge on any atom is -0.387 e. The topological polar surface area (TPSA) is 71.2 Å². The lowest BCUT2D eigenvalue weighted by Gasteiger charge is -2.11. The van der Waals surface area contributed by atoms with Crippen LogP contribution in [-0.4, -0.2) is 21.8 Å². The van der Waals surface area contributed by atoms with E-state index in [-0.39, 0.29) is 5.82 Å². The van der Waals surface area contributed by atoms with Crippen molar-refractivity contribution in [3.8, 4) is 0 Å². The van der Waals surface area contributed by atoms with Crippen molar-refractivity contribution < 1.29 is 14.0 Å². The van der Waals surface area contributed by atoms with Gasteiger partial charge in [-0.25, -0.2) is 4.39 Å². The van der Waals surface area contributed by atoms with E-state index in [2.05, 4.69) is 20.0 Å². The first-order valence-electron chi connectivity index (χ1n) is 5.15. The summed E-state index contributed by atoms with van der Waals surface area (Å²) in [7, 11) is 0. The van der Waals surface area contributed by atoms with Gasteiger partial charge in [0.15, 0.2) is 5.82 Å². The van der Waals surface area contributed by atoms with Crippen LogP contribution < -0.4 is 5.32 Å². The standard InChI is InChI=1S/C11H12FN3O2/c12-9-3-1-8(2-4-9)10(16)5-13-6-11-14-7-17-15-11/h1-4,7,10,13,16H,5-6H2. The molecule has 2 N–H and O–H groups in total. The fourth-order valence-electron chi connectivity index (χ4n) is 1.39. The molecule has 0 saturated carbocycles. The van der Waals surface area contributed by atoms with E-state index in [1.165, 1.54) is 18.5 Å². The SMILES string of the molecule is OC(CNCc1ncon1)c1ccc(F)cc1. The molecule has 0 bridgehead atoms. The maximum Gasteiger partial charge on any atom is 0.213 e. The van der Waals surface area contributed by atoms with Gasteiger partial charge < -0.3 is 14.9 Å². The Morgan fingerprint density at radius 3 is 2.76 bits per heavy atom. The Balaban J connectivity index is 1.81. The molecular formula is C11H12FN3O2. The number of halogens is 1. The van der Waals surface area contributed by atoms with E-state index in [0.717, 1.165) is 0 Å². The third kappa shape index (κ3) is 3.33. The monoisotopic (exact) mass is 237 g/mol. The molecule has 1 aromatic carbocycles. The predicted octanol–water partition coefficient (Wildman–Crippen LogP) is 1.03. The Morgan fingerprint density at radius 2 is 2.12 bits per heavy atom. The van der Waals surface area contributed by atoms with E-state index < -0.39 is 6.10 Å². The van der Waals surface area contributed by atoms with Crippen LogP contribution in [0.25, 0.3) is 0 Å². The number of nitrogens with one attached hydrogen (secondary N) is 1. The smallest absolute Gasteiger partial charge is 0.213 e. The summed E-state index contributed by atoms with van der Waals surface area (Å²) in [5.74, 6) is 0.206. The molecule has 0 aliphatic heterocycles.